The van der Waals surface area contributed by atoms with E-state index in [9.17, 15) is 0 Å². The number of aliphatic imine (C=N–C) groups is 1. The first-order valence-electron chi connectivity index (χ1n) is 7.53. The van der Waals surface area contributed by atoms with Crippen molar-refractivity contribution in [3.8, 4) is 0 Å². The van der Waals surface area contributed by atoms with Gasteiger partial charge in [-0.1, -0.05) is 17.7 Å². The zero-order valence-electron chi connectivity index (χ0n) is 13.6. The van der Waals surface area contributed by atoms with Crippen molar-refractivity contribution in [1.82, 2.24) is 14.8 Å². The topological polar surface area (TPSA) is 45.7 Å². The number of halogens is 1. The number of furan rings is 1. The number of aryl methyl sites for hydroxylation is 1. The Hall–Kier alpha value is -2.14. The molecule has 0 atom stereocenters. The van der Waals surface area contributed by atoms with Crippen LogP contribution in [-0.2, 0) is 20.0 Å². The summed E-state index contributed by atoms with van der Waals surface area (Å²) in [5.74, 6) is 1.77. The highest BCUT2D eigenvalue weighted by molar-refractivity contribution is 6.30. The molecule has 0 spiro atoms. The summed E-state index contributed by atoms with van der Waals surface area (Å²) in [6.45, 7) is 5.78. The highest BCUT2D eigenvalue weighted by atomic mass is 35.5. The van der Waals surface area contributed by atoms with Gasteiger partial charge in [-0.15, -0.1) is 6.58 Å². The van der Waals surface area contributed by atoms with Gasteiger partial charge in [0, 0.05) is 45.5 Å². The highest BCUT2D eigenvalue weighted by Gasteiger charge is 2.09. The van der Waals surface area contributed by atoms with Crippen LogP contribution in [0.2, 0.25) is 5.02 Å². The Balaban J connectivity index is 2.00. The molecule has 0 saturated carbocycles. The van der Waals surface area contributed by atoms with Crippen molar-refractivity contribution >= 4 is 17.6 Å². The Bertz CT molecular complexity index is 646. The zero-order chi connectivity index (χ0) is 16.7. The van der Waals surface area contributed by atoms with E-state index in [1.165, 1.54) is 0 Å². The van der Waals surface area contributed by atoms with E-state index in [1.807, 2.05) is 49.1 Å². The van der Waals surface area contributed by atoms with Gasteiger partial charge in [0.25, 0.3) is 0 Å². The number of hydrogen-bond acceptors (Lipinski definition) is 2. The molecular weight excluding hydrogens is 312 g/mol. The van der Waals surface area contributed by atoms with Crippen LogP contribution in [-0.4, -0.2) is 35.6 Å². The van der Waals surface area contributed by atoms with Crippen LogP contribution in [0.15, 0.2) is 52.7 Å². The lowest BCUT2D eigenvalue weighted by Crippen LogP contribution is -2.39. The number of nitrogens with zero attached hydrogens (tertiary/aromatic N) is 3. The third-order valence-electron chi connectivity index (χ3n) is 3.44. The lowest BCUT2D eigenvalue weighted by atomic mass is 10.3. The monoisotopic (exact) mass is 334 g/mol. The van der Waals surface area contributed by atoms with Gasteiger partial charge in [0.2, 0.25) is 0 Å². The average Bonchev–Trinajstić information content (AvgIpc) is 3.12. The van der Waals surface area contributed by atoms with E-state index in [-0.39, 0.29) is 0 Å². The van der Waals surface area contributed by atoms with Crippen LogP contribution in [0.5, 0.6) is 0 Å². The summed E-state index contributed by atoms with van der Waals surface area (Å²) in [6, 6.07) is 5.81. The molecule has 0 aliphatic carbocycles. The molecular formula is C17H23ClN4O. The van der Waals surface area contributed by atoms with E-state index >= 15 is 0 Å². The van der Waals surface area contributed by atoms with E-state index in [2.05, 4.69) is 21.8 Å². The second kappa shape index (κ2) is 8.48. The van der Waals surface area contributed by atoms with Gasteiger partial charge in [0.1, 0.15) is 5.76 Å². The fourth-order valence-electron chi connectivity index (χ4n) is 2.24. The van der Waals surface area contributed by atoms with Crippen molar-refractivity contribution in [3.63, 3.8) is 0 Å². The fraction of sp³-hybridized carbons (Fsp3) is 0.353. The second-order valence-electron chi connectivity index (χ2n) is 5.32. The maximum atomic E-state index is 6.04. The van der Waals surface area contributed by atoms with Crippen LogP contribution in [0.1, 0.15) is 11.5 Å². The molecule has 2 rings (SSSR count). The summed E-state index contributed by atoms with van der Waals surface area (Å²) in [5, 5.41) is 4.02. The summed E-state index contributed by atoms with van der Waals surface area (Å²) >= 11 is 6.04. The van der Waals surface area contributed by atoms with E-state index in [4.69, 9.17) is 16.0 Å². The molecule has 0 fully saturated rings. The lowest BCUT2D eigenvalue weighted by Gasteiger charge is -2.22. The standard InChI is InChI=1S/C17H23ClN4O/c1-4-8-19-17(20-9-7-16-6-5-10-23-16)22(3)13-15-11-14(18)12-21(15)2/h4-6,10-12H,1,7-9,13H2,2-3H3,(H,19,20). The van der Waals surface area contributed by atoms with Gasteiger partial charge in [-0.05, 0) is 18.2 Å². The first-order chi connectivity index (χ1) is 11.1. The Morgan fingerprint density at radius 2 is 2.39 bits per heavy atom. The summed E-state index contributed by atoms with van der Waals surface area (Å²) in [7, 11) is 3.99. The van der Waals surface area contributed by atoms with Crippen LogP contribution in [0, 0.1) is 0 Å². The van der Waals surface area contributed by atoms with E-state index in [1.54, 1.807) is 6.26 Å². The van der Waals surface area contributed by atoms with Crippen molar-refractivity contribution in [2.24, 2.45) is 12.0 Å². The maximum Gasteiger partial charge on any atom is 0.194 e. The SMILES string of the molecule is C=CCNC(=NCCc1ccco1)N(C)Cc1cc(Cl)cn1C. The largest absolute Gasteiger partial charge is 0.469 e. The smallest absolute Gasteiger partial charge is 0.194 e. The zero-order valence-corrected chi connectivity index (χ0v) is 14.4. The van der Waals surface area contributed by atoms with Gasteiger partial charge in [-0.3, -0.25) is 4.99 Å². The summed E-state index contributed by atoms with van der Waals surface area (Å²) in [4.78, 5) is 6.72. The van der Waals surface area contributed by atoms with Crippen molar-refractivity contribution < 1.29 is 4.42 Å². The molecule has 0 unspecified atom stereocenters. The molecule has 124 valence electrons. The molecule has 2 aromatic rings. The molecule has 0 radical (unpaired) electrons. The third kappa shape index (κ3) is 5.21. The molecule has 2 aromatic heterocycles. The van der Waals surface area contributed by atoms with Crippen LogP contribution >= 0.6 is 11.6 Å². The molecule has 0 saturated heterocycles. The number of guanidine groups is 1. The minimum absolute atomic E-state index is 0.658. The third-order valence-corrected chi connectivity index (χ3v) is 3.65. The highest BCUT2D eigenvalue weighted by Crippen LogP contribution is 2.14. The molecule has 1 N–H and O–H groups in total. The molecule has 0 bridgehead atoms. The lowest BCUT2D eigenvalue weighted by molar-refractivity contribution is 0.461. The molecule has 5 nitrogen and oxygen atoms in total. The van der Waals surface area contributed by atoms with Crippen LogP contribution in [0.3, 0.4) is 0 Å². The molecule has 0 aromatic carbocycles. The van der Waals surface area contributed by atoms with Gasteiger partial charge >= 0.3 is 0 Å². The number of rotatable bonds is 7. The summed E-state index contributed by atoms with van der Waals surface area (Å²) in [6.07, 6.45) is 6.17. The number of aromatic nitrogens is 1. The minimum Gasteiger partial charge on any atom is -0.469 e. The van der Waals surface area contributed by atoms with Crippen LogP contribution in [0.25, 0.3) is 0 Å². The number of nitrogens with one attached hydrogen (secondary N) is 1. The van der Waals surface area contributed by atoms with E-state index in [0.29, 0.717) is 19.6 Å². The van der Waals surface area contributed by atoms with Crippen LogP contribution in [0.4, 0.5) is 0 Å². The molecule has 23 heavy (non-hydrogen) atoms. The molecule has 6 heteroatoms. The summed E-state index contributed by atoms with van der Waals surface area (Å²) in [5.41, 5.74) is 1.12. The van der Waals surface area contributed by atoms with Crippen LogP contribution < -0.4 is 5.32 Å². The van der Waals surface area contributed by atoms with Crippen molar-refractivity contribution in [2.45, 2.75) is 13.0 Å². The van der Waals surface area contributed by atoms with E-state index < -0.39 is 0 Å². The summed E-state index contributed by atoms with van der Waals surface area (Å²) < 4.78 is 7.35. The molecule has 2 heterocycles. The first kappa shape index (κ1) is 17.2. The number of hydrogen-bond donors (Lipinski definition) is 1. The van der Waals surface area contributed by atoms with Gasteiger partial charge in [0.05, 0.1) is 17.8 Å². The molecule has 0 aliphatic heterocycles. The Kier molecular flexibility index (Phi) is 6.35. The van der Waals surface area contributed by atoms with Crippen molar-refractivity contribution in [1.29, 1.82) is 0 Å². The normalized spacial score (nSPS) is 11.5. The Labute approximate surface area is 142 Å². The van der Waals surface area contributed by atoms with Gasteiger partial charge in [-0.25, -0.2) is 0 Å². The van der Waals surface area contributed by atoms with Crippen molar-refractivity contribution in [2.75, 3.05) is 20.1 Å². The van der Waals surface area contributed by atoms with Gasteiger partial charge in [-0.2, -0.15) is 0 Å². The quantitative estimate of drug-likeness (QED) is 0.481. The van der Waals surface area contributed by atoms with Gasteiger partial charge < -0.3 is 19.2 Å². The average molecular weight is 335 g/mol. The molecule has 0 aliphatic rings. The van der Waals surface area contributed by atoms with Gasteiger partial charge in [0.15, 0.2) is 5.96 Å². The second-order valence-corrected chi connectivity index (χ2v) is 5.76. The fourth-order valence-corrected chi connectivity index (χ4v) is 2.52. The van der Waals surface area contributed by atoms with E-state index in [0.717, 1.165) is 28.9 Å². The first-order valence-corrected chi connectivity index (χ1v) is 7.91. The molecule has 0 amide bonds. The Morgan fingerprint density at radius 3 is 3.00 bits per heavy atom. The maximum absolute atomic E-state index is 6.04. The predicted molar refractivity (Wildman–Crippen MR) is 94.8 cm³/mol. The predicted octanol–water partition coefficient (Wildman–Crippen LogP) is 3.08. The Morgan fingerprint density at radius 1 is 1.57 bits per heavy atom. The van der Waals surface area contributed by atoms with Crippen molar-refractivity contribution in [3.05, 3.63) is 59.8 Å². The minimum atomic E-state index is 0.658.